The highest BCUT2D eigenvalue weighted by Gasteiger charge is 2.34. The molecular weight excluding hydrogens is 274 g/mol. The zero-order valence-electron chi connectivity index (χ0n) is 11.4. The van der Waals surface area contributed by atoms with Crippen molar-refractivity contribution in [3.63, 3.8) is 0 Å². The third kappa shape index (κ3) is 2.34. The van der Waals surface area contributed by atoms with E-state index in [4.69, 9.17) is 12.2 Å². The smallest absolute Gasteiger partial charge is 0.179 e. The van der Waals surface area contributed by atoms with Gasteiger partial charge in [0.25, 0.3) is 0 Å². The summed E-state index contributed by atoms with van der Waals surface area (Å²) >= 11 is 7.48. The Hall–Kier alpha value is -0.810. The Morgan fingerprint density at radius 2 is 2.21 bits per heavy atom. The van der Waals surface area contributed by atoms with E-state index in [-0.39, 0.29) is 0 Å². The molecule has 3 rings (SSSR count). The third-order valence-electron chi connectivity index (χ3n) is 4.14. The van der Waals surface area contributed by atoms with Crippen molar-refractivity contribution in [2.75, 3.05) is 6.26 Å². The molecule has 2 heterocycles. The van der Waals surface area contributed by atoms with Crippen LogP contribution >= 0.6 is 24.0 Å². The van der Waals surface area contributed by atoms with Crippen molar-refractivity contribution < 1.29 is 0 Å². The normalized spacial score (nSPS) is 18.2. The molecule has 1 saturated carbocycles. The Balaban J connectivity index is 2.05. The summed E-state index contributed by atoms with van der Waals surface area (Å²) in [7, 11) is 0. The molecule has 5 heteroatoms. The Kier molecular flexibility index (Phi) is 3.43. The first-order valence-electron chi connectivity index (χ1n) is 6.74. The molecule has 19 heavy (non-hydrogen) atoms. The average molecular weight is 293 g/mol. The number of nitrogens with zero attached hydrogens (tertiary/aromatic N) is 2. The molecule has 0 atom stereocenters. The van der Waals surface area contributed by atoms with Gasteiger partial charge >= 0.3 is 0 Å². The summed E-state index contributed by atoms with van der Waals surface area (Å²) in [6.45, 7) is 3.03. The number of hydrogen-bond donors (Lipinski definition) is 1. The van der Waals surface area contributed by atoms with Crippen LogP contribution in [-0.2, 0) is 6.54 Å². The van der Waals surface area contributed by atoms with Crippen molar-refractivity contribution in [1.82, 2.24) is 14.5 Å². The minimum absolute atomic E-state index is 0.347. The van der Waals surface area contributed by atoms with Crippen LogP contribution in [0.4, 0.5) is 0 Å². The molecule has 1 N–H and O–H groups in total. The first-order valence-corrected chi connectivity index (χ1v) is 8.37. The lowest BCUT2D eigenvalue weighted by Gasteiger charge is -2.27. The highest BCUT2D eigenvalue weighted by Crippen LogP contribution is 2.41. The Morgan fingerprint density at radius 3 is 2.89 bits per heavy atom. The van der Waals surface area contributed by atoms with E-state index in [1.54, 1.807) is 0 Å². The molecule has 0 aliphatic heterocycles. The molecule has 1 fully saturated rings. The van der Waals surface area contributed by atoms with Crippen LogP contribution in [0.5, 0.6) is 0 Å². The average Bonchev–Trinajstić information content (AvgIpc) is 2.96. The number of aryl methyl sites for hydroxylation is 1. The molecule has 1 aliphatic carbocycles. The summed E-state index contributed by atoms with van der Waals surface area (Å²) in [4.78, 5) is 7.85. The van der Waals surface area contributed by atoms with Gasteiger partial charge in [-0.05, 0) is 49.9 Å². The van der Waals surface area contributed by atoms with Crippen LogP contribution in [0.3, 0.4) is 0 Å². The molecule has 0 amide bonds. The fourth-order valence-electron chi connectivity index (χ4n) is 3.03. The summed E-state index contributed by atoms with van der Waals surface area (Å²) in [5, 5.41) is 0. The van der Waals surface area contributed by atoms with E-state index in [0.29, 0.717) is 4.75 Å². The number of fused-ring (bicyclic) bond motifs is 1. The first-order chi connectivity index (χ1) is 9.13. The Bertz CT molecular complexity index is 650. The second kappa shape index (κ2) is 4.94. The number of H-pyrrole nitrogens is 1. The minimum Gasteiger partial charge on any atom is -0.329 e. The van der Waals surface area contributed by atoms with Crippen molar-refractivity contribution in [3.05, 3.63) is 22.6 Å². The molecule has 0 unspecified atom stereocenters. The molecule has 1 aliphatic rings. The van der Waals surface area contributed by atoms with E-state index >= 15 is 0 Å². The molecule has 0 spiro atoms. The lowest BCUT2D eigenvalue weighted by molar-refractivity contribution is 0.508. The second-order valence-electron chi connectivity index (χ2n) is 5.49. The van der Waals surface area contributed by atoms with E-state index in [2.05, 4.69) is 33.8 Å². The minimum atomic E-state index is 0.347. The summed E-state index contributed by atoms with van der Waals surface area (Å²) in [5.74, 6) is 0. The fourth-order valence-corrected chi connectivity index (χ4v) is 4.25. The lowest BCUT2D eigenvalue weighted by atomic mass is 10.1. The zero-order valence-corrected chi connectivity index (χ0v) is 13.0. The molecule has 0 bridgehead atoms. The fraction of sp³-hybridized carbons (Fsp3) is 0.571. The van der Waals surface area contributed by atoms with Gasteiger partial charge in [-0.15, -0.1) is 0 Å². The van der Waals surface area contributed by atoms with Crippen LogP contribution in [-0.4, -0.2) is 25.5 Å². The van der Waals surface area contributed by atoms with Gasteiger partial charge in [-0.2, -0.15) is 11.8 Å². The quantitative estimate of drug-likeness (QED) is 0.866. The highest BCUT2D eigenvalue weighted by atomic mass is 32.2. The number of nitrogens with one attached hydrogen (secondary N) is 1. The van der Waals surface area contributed by atoms with Gasteiger partial charge in [0, 0.05) is 17.5 Å². The van der Waals surface area contributed by atoms with Gasteiger partial charge < -0.3 is 9.55 Å². The van der Waals surface area contributed by atoms with Gasteiger partial charge in [-0.3, -0.25) is 0 Å². The van der Waals surface area contributed by atoms with Crippen molar-refractivity contribution in [2.45, 2.75) is 43.9 Å². The van der Waals surface area contributed by atoms with Crippen molar-refractivity contribution in [3.8, 4) is 0 Å². The number of pyridine rings is 1. The topological polar surface area (TPSA) is 33.6 Å². The summed E-state index contributed by atoms with van der Waals surface area (Å²) in [6.07, 6.45) is 9.39. The van der Waals surface area contributed by atoms with E-state index in [1.807, 2.05) is 18.0 Å². The predicted molar refractivity (Wildman–Crippen MR) is 84.4 cm³/mol. The van der Waals surface area contributed by atoms with Crippen LogP contribution in [0.1, 0.15) is 31.2 Å². The van der Waals surface area contributed by atoms with E-state index < -0.39 is 0 Å². The number of imidazole rings is 1. The van der Waals surface area contributed by atoms with Crippen LogP contribution in [0.2, 0.25) is 0 Å². The zero-order chi connectivity index (χ0) is 13.5. The SMILES string of the molecule is CSC1(Cn2c(=S)[nH]c3cc(C)cnc32)CCCC1. The lowest BCUT2D eigenvalue weighted by Crippen LogP contribution is -2.27. The number of aromatic amines is 1. The molecule has 0 radical (unpaired) electrons. The number of thioether (sulfide) groups is 1. The summed E-state index contributed by atoms with van der Waals surface area (Å²) in [5.41, 5.74) is 3.21. The largest absolute Gasteiger partial charge is 0.329 e. The van der Waals surface area contributed by atoms with Crippen molar-refractivity contribution in [1.29, 1.82) is 0 Å². The van der Waals surface area contributed by atoms with E-state index in [9.17, 15) is 0 Å². The molecule has 2 aromatic rings. The standard InChI is InChI=1S/C14H19N3S2/c1-10-7-11-12(15-8-10)17(13(18)16-11)9-14(19-2)5-3-4-6-14/h7-8H,3-6,9H2,1-2H3,(H,16,18). The number of rotatable bonds is 3. The number of hydrogen-bond acceptors (Lipinski definition) is 3. The van der Waals surface area contributed by atoms with Gasteiger partial charge in [0.1, 0.15) is 0 Å². The second-order valence-corrected chi connectivity index (χ2v) is 7.16. The van der Waals surface area contributed by atoms with Crippen molar-refractivity contribution in [2.24, 2.45) is 0 Å². The monoisotopic (exact) mass is 293 g/mol. The van der Waals surface area contributed by atoms with Gasteiger partial charge in [-0.25, -0.2) is 4.98 Å². The Morgan fingerprint density at radius 1 is 1.47 bits per heavy atom. The highest BCUT2D eigenvalue weighted by molar-refractivity contribution is 8.00. The molecule has 3 nitrogen and oxygen atoms in total. The van der Waals surface area contributed by atoms with E-state index in [0.717, 1.165) is 28.0 Å². The molecular formula is C14H19N3S2. The van der Waals surface area contributed by atoms with Gasteiger partial charge in [0.2, 0.25) is 0 Å². The summed E-state index contributed by atoms with van der Waals surface area (Å²) < 4.78 is 3.33. The molecule has 102 valence electrons. The van der Waals surface area contributed by atoms with Crippen LogP contribution < -0.4 is 0 Å². The van der Waals surface area contributed by atoms with Gasteiger partial charge in [0.15, 0.2) is 10.4 Å². The van der Waals surface area contributed by atoms with Crippen molar-refractivity contribution >= 4 is 35.1 Å². The maximum atomic E-state index is 5.49. The van der Waals surface area contributed by atoms with Crippen LogP contribution in [0, 0.1) is 11.7 Å². The van der Waals surface area contributed by atoms with Gasteiger partial charge in [-0.1, -0.05) is 12.8 Å². The predicted octanol–water partition coefficient (Wildman–Crippen LogP) is 4.08. The maximum absolute atomic E-state index is 5.49. The van der Waals surface area contributed by atoms with Crippen LogP contribution in [0.15, 0.2) is 12.3 Å². The first kappa shape index (κ1) is 13.2. The Labute approximate surface area is 122 Å². The molecule has 2 aromatic heterocycles. The van der Waals surface area contributed by atoms with Gasteiger partial charge in [0.05, 0.1) is 5.52 Å². The third-order valence-corrected chi connectivity index (χ3v) is 5.87. The summed E-state index contributed by atoms with van der Waals surface area (Å²) in [6, 6.07) is 2.12. The molecule has 0 saturated heterocycles. The van der Waals surface area contributed by atoms with E-state index in [1.165, 1.54) is 25.7 Å². The number of aromatic nitrogens is 3. The maximum Gasteiger partial charge on any atom is 0.179 e. The van der Waals surface area contributed by atoms with Crippen LogP contribution in [0.25, 0.3) is 11.2 Å². The molecule has 0 aromatic carbocycles.